The van der Waals surface area contributed by atoms with Crippen molar-refractivity contribution in [3.05, 3.63) is 29.8 Å². The summed E-state index contributed by atoms with van der Waals surface area (Å²) in [6.07, 6.45) is -1.37. The number of likely N-dealkylation sites (tertiary alicyclic amines) is 1. The highest BCUT2D eigenvalue weighted by atomic mass is 19.4. The van der Waals surface area contributed by atoms with Crippen molar-refractivity contribution >= 4 is 11.7 Å². The Labute approximate surface area is 172 Å². The standard InChI is InChI=1S/C20H26F3N5O2/c1-12(2)15-9-17(20(21,22)23)28-18(25-15)10-16(26-28)13-6-8-27(11-13)19(29)4-3-14-5-7-24-30-14/h5,7,10,12-13,15,17,25H,3-4,6,8-9,11H2,1-2H3/t13?,15-,17+/m0/s1. The average Bonchev–Trinajstić information content (AvgIpc) is 3.44. The predicted molar refractivity (Wildman–Crippen MR) is 103 cm³/mol. The number of halogens is 3. The first kappa shape index (κ1) is 20.7. The van der Waals surface area contributed by atoms with Gasteiger partial charge in [0.15, 0.2) is 6.04 Å². The molecule has 0 bridgehead atoms. The van der Waals surface area contributed by atoms with Crippen LogP contribution in [0.3, 0.4) is 0 Å². The number of aryl methyl sites for hydroxylation is 1. The number of rotatable bonds is 5. The Morgan fingerprint density at radius 1 is 1.40 bits per heavy atom. The number of alkyl halides is 3. The Kier molecular flexibility index (Phi) is 5.50. The summed E-state index contributed by atoms with van der Waals surface area (Å²) in [6, 6.07) is 1.56. The largest absolute Gasteiger partial charge is 0.410 e. The summed E-state index contributed by atoms with van der Waals surface area (Å²) in [5.74, 6) is 1.08. The molecular weight excluding hydrogens is 399 g/mol. The van der Waals surface area contributed by atoms with E-state index in [1.807, 2.05) is 13.8 Å². The number of hydrogen-bond acceptors (Lipinski definition) is 5. The molecule has 1 amide bonds. The zero-order valence-electron chi connectivity index (χ0n) is 17.0. The minimum absolute atomic E-state index is 0.00374. The van der Waals surface area contributed by atoms with E-state index in [1.54, 1.807) is 17.0 Å². The van der Waals surface area contributed by atoms with Crippen LogP contribution in [-0.4, -0.2) is 51.1 Å². The van der Waals surface area contributed by atoms with E-state index in [1.165, 1.54) is 6.20 Å². The molecule has 2 aromatic rings. The first-order chi connectivity index (χ1) is 14.2. The lowest BCUT2D eigenvalue weighted by molar-refractivity contribution is -0.174. The third-order valence-corrected chi connectivity index (χ3v) is 6.08. The third kappa shape index (κ3) is 4.17. The van der Waals surface area contributed by atoms with Gasteiger partial charge in [0.25, 0.3) is 0 Å². The fourth-order valence-electron chi connectivity index (χ4n) is 4.25. The molecule has 2 aliphatic heterocycles. The predicted octanol–water partition coefficient (Wildman–Crippen LogP) is 3.76. The molecule has 0 saturated carbocycles. The van der Waals surface area contributed by atoms with Gasteiger partial charge in [-0.2, -0.15) is 18.3 Å². The molecule has 164 valence electrons. The number of nitrogens with zero attached hydrogens (tertiary/aromatic N) is 4. The first-order valence-electron chi connectivity index (χ1n) is 10.3. The monoisotopic (exact) mass is 425 g/mol. The maximum atomic E-state index is 13.7. The van der Waals surface area contributed by atoms with Gasteiger partial charge in [-0.1, -0.05) is 19.0 Å². The Hall–Kier alpha value is -2.52. The molecule has 1 fully saturated rings. The van der Waals surface area contributed by atoms with Gasteiger partial charge in [-0.15, -0.1) is 0 Å². The number of anilines is 1. The third-order valence-electron chi connectivity index (χ3n) is 6.08. The van der Waals surface area contributed by atoms with Crippen molar-refractivity contribution in [3.8, 4) is 0 Å². The molecule has 2 aliphatic rings. The molecule has 10 heteroatoms. The van der Waals surface area contributed by atoms with Gasteiger partial charge in [-0.25, -0.2) is 4.68 Å². The molecule has 30 heavy (non-hydrogen) atoms. The van der Waals surface area contributed by atoms with E-state index < -0.39 is 12.2 Å². The van der Waals surface area contributed by atoms with E-state index in [0.29, 0.717) is 49.6 Å². The summed E-state index contributed by atoms with van der Waals surface area (Å²) in [6.45, 7) is 4.87. The lowest BCUT2D eigenvalue weighted by Crippen LogP contribution is -2.41. The second-order valence-electron chi connectivity index (χ2n) is 8.49. The van der Waals surface area contributed by atoms with Crippen molar-refractivity contribution < 1.29 is 22.5 Å². The first-order valence-corrected chi connectivity index (χ1v) is 10.3. The molecule has 1 saturated heterocycles. The van der Waals surface area contributed by atoms with Crippen LogP contribution in [0.15, 0.2) is 22.9 Å². The minimum atomic E-state index is -4.36. The van der Waals surface area contributed by atoms with E-state index in [2.05, 4.69) is 15.6 Å². The van der Waals surface area contributed by atoms with Crippen molar-refractivity contribution in [1.29, 1.82) is 0 Å². The summed E-state index contributed by atoms with van der Waals surface area (Å²) in [4.78, 5) is 14.2. The lowest BCUT2D eigenvalue weighted by Gasteiger charge is -2.35. The molecule has 3 atom stereocenters. The normalized spacial score (nSPS) is 24.2. The van der Waals surface area contributed by atoms with E-state index in [0.717, 1.165) is 4.68 Å². The zero-order valence-corrected chi connectivity index (χ0v) is 17.0. The number of fused-ring (bicyclic) bond motifs is 1. The number of carbonyl (C=O) groups excluding carboxylic acids is 1. The van der Waals surface area contributed by atoms with Crippen LogP contribution in [0, 0.1) is 5.92 Å². The SMILES string of the molecule is CC(C)[C@@H]1C[C@H](C(F)(F)F)n2nc(C3CCN(C(=O)CCc4ccno4)C3)cc2N1. The number of amides is 1. The van der Waals surface area contributed by atoms with Gasteiger partial charge < -0.3 is 14.7 Å². The summed E-state index contributed by atoms with van der Waals surface area (Å²) in [5.41, 5.74) is 0.613. The van der Waals surface area contributed by atoms with E-state index in [9.17, 15) is 18.0 Å². The van der Waals surface area contributed by atoms with Crippen molar-refractivity contribution in [2.75, 3.05) is 18.4 Å². The van der Waals surface area contributed by atoms with Gasteiger partial charge in [0.2, 0.25) is 5.91 Å². The Morgan fingerprint density at radius 3 is 2.87 bits per heavy atom. The van der Waals surface area contributed by atoms with Gasteiger partial charge in [-0.05, 0) is 18.8 Å². The molecule has 2 aromatic heterocycles. The van der Waals surface area contributed by atoms with Crippen molar-refractivity contribution in [2.45, 2.75) is 63.7 Å². The second-order valence-corrected chi connectivity index (χ2v) is 8.49. The zero-order chi connectivity index (χ0) is 21.5. The van der Waals surface area contributed by atoms with Gasteiger partial charge in [-0.3, -0.25) is 4.79 Å². The van der Waals surface area contributed by atoms with Gasteiger partial charge >= 0.3 is 6.18 Å². The summed E-state index contributed by atoms with van der Waals surface area (Å²) in [7, 11) is 0. The lowest BCUT2D eigenvalue weighted by atomic mass is 9.94. The molecular formula is C20H26F3N5O2. The molecule has 7 nitrogen and oxygen atoms in total. The van der Waals surface area contributed by atoms with Crippen LogP contribution in [0.25, 0.3) is 0 Å². The summed E-state index contributed by atoms with van der Waals surface area (Å²) in [5, 5.41) is 11.2. The Bertz CT molecular complexity index is 878. The average molecular weight is 425 g/mol. The van der Waals surface area contributed by atoms with Crippen molar-refractivity contribution in [2.24, 2.45) is 5.92 Å². The van der Waals surface area contributed by atoms with Crippen LogP contribution in [0.5, 0.6) is 0 Å². The number of aromatic nitrogens is 3. The highest BCUT2D eigenvalue weighted by molar-refractivity contribution is 5.76. The molecule has 0 aliphatic carbocycles. The van der Waals surface area contributed by atoms with Crippen LogP contribution in [0.2, 0.25) is 0 Å². The number of nitrogens with one attached hydrogen (secondary N) is 1. The van der Waals surface area contributed by atoms with Crippen molar-refractivity contribution in [1.82, 2.24) is 19.8 Å². The summed E-state index contributed by atoms with van der Waals surface area (Å²) >= 11 is 0. The maximum absolute atomic E-state index is 13.7. The maximum Gasteiger partial charge on any atom is 0.410 e. The number of hydrogen-bond donors (Lipinski definition) is 1. The fraction of sp³-hybridized carbons (Fsp3) is 0.650. The molecule has 4 heterocycles. The van der Waals surface area contributed by atoms with Gasteiger partial charge in [0, 0.05) is 50.0 Å². The van der Waals surface area contributed by atoms with Crippen molar-refractivity contribution in [3.63, 3.8) is 0 Å². The highest BCUT2D eigenvalue weighted by Crippen LogP contribution is 2.42. The van der Waals surface area contributed by atoms with E-state index >= 15 is 0 Å². The minimum Gasteiger partial charge on any atom is -0.367 e. The topological polar surface area (TPSA) is 76.2 Å². The Morgan fingerprint density at radius 2 is 2.20 bits per heavy atom. The molecule has 0 aromatic carbocycles. The molecule has 1 unspecified atom stereocenters. The fourth-order valence-corrected chi connectivity index (χ4v) is 4.25. The van der Waals surface area contributed by atoms with Gasteiger partial charge in [0.1, 0.15) is 11.6 Å². The quantitative estimate of drug-likeness (QED) is 0.789. The number of carbonyl (C=O) groups is 1. The van der Waals surface area contributed by atoms with E-state index in [-0.39, 0.29) is 30.2 Å². The molecule has 0 radical (unpaired) electrons. The van der Waals surface area contributed by atoms with Crippen LogP contribution >= 0.6 is 0 Å². The van der Waals surface area contributed by atoms with Crippen LogP contribution in [-0.2, 0) is 11.2 Å². The smallest absolute Gasteiger partial charge is 0.367 e. The highest BCUT2D eigenvalue weighted by Gasteiger charge is 2.47. The Balaban J connectivity index is 1.45. The van der Waals surface area contributed by atoms with Gasteiger partial charge in [0.05, 0.1) is 11.9 Å². The molecule has 0 spiro atoms. The second kappa shape index (κ2) is 7.96. The van der Waals surface area contributed by atoms with Crippen LogP contribution in [0.1, 0.15) is 56.5 Å². The molecule has 1 N–H and O–H groups in total. The van der Waals surface area contributed by atoms with E-state index in [4.69, 9.17) is 4.52 Å². The van der Waals surface area contributed by atoms with Crippen LogP contribution in [0.4, 0.5) is 19.0 Å². The summed E-state index contributed by atoms with van der Waals surface area (Å²) < 4.78 is 47.1. The van der Waals surface area contributed by atoms with Crippen LogP contribution < -0.4 is 5.32 Å². The molecule has 4 rings (SSSR count).